The van der Waals surface area contributed by atoms with Crippen molar-refractivity contribution in [2.24, 2.45) is 5.73 Å². The van der Waals surface area contributed by atoms with Crippen molar-refractivity contribution in [3.63, 3.8) is 0 Å². The fraction of sp³-hybridized carbons (Fsp3) is 0.269. The molecule has 0 bridgehead atoms. The number of imide groups is 1. The molecular formula is C26H27BrN4O7S. The van der Waals surface area contributed by atoms with Crippen LogP contribution in [-0.4, -0.2) is 58.5 Å². The number of sulfone groups is 1. The Balaban J connectivity index is 2.13. The Labute approximate surface area is 234 Å². The molecule has 1 aromatic carbocycles. The van der Waals surface area contributed by atoms with Crippen LogP contribution in [0.1, 0.15) is 42.5 Å². The number of ether oxygens (including phenoxy) is 1. The summed E-state index contributed by atoms with van der Waals surface area (Å²) >= 11 is 3.34. The van der Waals surface area contributed by atoms with Gasteiger partial charge in [0, 0.05) is 23.3 Å². The van der Waals surface area contributed by atoms with Crippen LogP contribution < -0.4 is 5.73 Å². The Morgan fingerprint density at radius 3 is 2.28 bits per heavy atom. The number of nitrogens with zero attached hydrogens (tertiary/aromatic N) is 3. The number of carbonyl (C=O) groups excluding carboxylic acids is 2. The van der Waals surface area contributed by atoms with Crippen molar-refractivity contribution in [1.82, 2.24) is 14.9 Å². The SMILES string of the molecule is CC(C)(C)OC(=O)N(CC(=O)O)C(=O)c1cccc(C(N)(Cc2ccc(Br)cc2)S(=O)(=O)c2cccnc2)n1. The van der Waals surface area contributed by atoms with Crippen LogP contribution in [0.5, 0.6) is 0 Å². The molecule has 0 aliphatic carbocycles. The highest BCUT2D eigenvalue weighted by molar-refractivity contribution is 9.10. The summed E-state index contributed by atoms with van der Waals surface area (Å²) in [6.45, 7) is 3.67. The highest BCUT2D eigenvalue weighted by atomic mass is 79.9. The number of aliphatic carboxylic acids is 1. The van der Waals surface area contributed by atoms with Gasteiger partial charge in [0.05, 0.1) is 10.6 Å². The smallest absolute Gasteiger partial charge is 0.417 e. The second-order valence-corrected chi connectivity index (χ2v) is 12.7. The Morgan fingerprint density at radius 1 is 1.05 bits per heavy atom. The number of amides is 2. The van der Waals surface area contributed by atoms with E-state index >= 15 is 0 Å². The molecule has 39 heavy (non-hydrogen) atoms. The molecule has 3 rings (SSSR count). The molecule has 2 amide bonds. The lowest BCUT2D eigenvalue weighted by Gasteiger charge is -2.29. The quantitative estimate of drug-likeness (QED) is 0.380. The Bertz CT molecular complexity index is 1480. The number of carboxylic acids is 1. The normalized spacial score (nSPS) is 13.3. The van der Waals surface area contributed by atoms with E-state index in [1.54, 1.807) is 45.0 Å². The van der Waals surface area contributed by atoms with E-state index in [9.17, 15) is 27.9 Å². The van der Waals surface area contributed by atoms with Crippen molar-refractivity contribution in [3.8, 4) is 0 Å². The summed E-state index contributed by atoms with van der Waals surface area (Å²) in [6, 6.07) is 13.6. The third-order valence-electron chi connectivity index (χ3n) is 5.36. The summed E-state index contributed by atoms with van der Waals surface area (Å²) in [5.41, 5.74) is 5.62. The predicted molar refractivity (Wildman–Crippen MR) is 144 cm³/mol. The van der Waals surface area contributed by atoms with Gasteiger partial charge >= 0.3 is 12.1 Å². The van der Waals surface area contributed by atoms with Gasteiger partial charge in [-0.2, -0.15) is 0 Å². The van der Waals surface area contributed by atoms with Gasteiger partial charge in [-0.3, -0.25) is 14.6 Å². The largest absolute Gasteiger partial charge is 0.480 e. The number of benzene rings is 1. The molecule has 2 aromatic heterocycles. The minimum absolute atomic E-state index is 0.163. The van der Waals surface area contributed by atoms with Gasteiger partial charge in [-0.15, -0.1) is 0 Å². The molecule has 0 fully saturated rings. The van der Waals surface area contributed by atoms with Crippen molar-refractivity contribution in [2.75, 3.05) is 6.54 Å². The molecule has 0 spiro atoms. The maximum absolute atomic E-state index is 13.9. The zero-order valence-electron chi connectivity index (χ0n) is 21.4. The zero-order valence-corrected chi connectivity index (χ0v) is 23.8. The Hall–Kier alpha value is -3.68. The third kappa shape index (κ3) is 7.05. The van der Waals surface area contributed by atoms with Gasteiger partial charge in [0.2, 0.25) is 9.84 Å². The minimum Gasteiger partial charge on any atom is -0.480 e. The number of pyridine rings is 2. The number of aromatic nitrogens is 2. The van der Waals surface area contributed by atoms with Crippen LogP contribution in [0.3, 0.4) is 0 Å². The number of carboxylic acid groups (broad SMARTS) is 1. The lowest BCUT2D eigenvalue weighted by molar-refractivity contribution is -0.137. The minimum atomic E-state index is -4.35. The van der Waals surface area contributed by atoms with E-state index in [0.717, 1.165) is 10.7 Å². The van der Waals surface area contributed by atoms with Gasteiger partial charge in [-0.25, -0.2) is 23.1 Å². The highest BCUT2D eigenvalue weighted by Gasteiger charge is 2.45. The Kier molecular flexibility index (Phi) is 8.88. The van der Waals surface area contributed by atoms with E-state index in [4.69, 9.17) is 10.5 Å². The van der Waals surface area contributed by atoms with Gasteiger partial charge in [0.15, 0.2) is 4.87 Å². The summed E-state index contributed by atoms with van der Waals surface area (Å²) in [4.78, 5) is 43.5. The summed E-state index contributed by atoms with van der Waals surface area (Å²) in [5.74, 6) is -2.56. The molecule has 206 valence electrons. The fourth-order valence-corrected chi connectivity index (χ4v) is 5.43. The average Bonchev–Trinajstić information content (AvgIpc) is 2.87. The first-order chi connectivity index (χ1) is 18.1. The van der Waals surface area contributed by atoms with E-state index in [2.05, 4.69) is 25.9 Å². The van der Waals surface area contributed by atoms with Crippen LogP contribution in [0.25, 0.3) is 0 Å². The molecular weight excluding hydrogens is 592 g/mol. The first kappa shape index (κ1) is 29.9. The van der Waals surface area contributed by atoms with Crippen LogP contribution in [0, 0.1) is 0 Å². The number of hydrogen-bond donors (Lipinski definition) is 2. The maximum Gasteiger partial charge on any atom is 0.417 e. The summed E-state index contributed by atoms with van der Waals surface area (Å²) < 4.78 is 33.7. The van der Waals surface area contributed by atoms with Crippen LogP contribution in [0.2, 0.25) is 0 Å². The van der Waals surface area contributed by atoms with Gasteiger partial charge in [0.25, 0.3) is 5.91 Å². The van der Waals surface area contributed by atoms with Crippen molar-refractivity contribution >= 4 is 43.7 Å². The Morgan fingerprint density at radius 2 is 1.72 bits per heavy atom. The summed E-state index contributed by atoms with van der Waals surface area (Å²) in [7, 11) is -4.35. The topological polar surface area (TPSA) is 170 Å². The van der Waals surface area contributed by atoms with Crippen molar-refractivity contribution in [1.29, 1.82) is 0 Å². The van der Waals surface area contributed by atoms with Crippen molar-refractivity contribution in [3.05, 3.63) is 88.4 Å². The first-order valence-electron chi connectivity index (χ1n) is 11.6. The lowest BCUT2D eigenvalue weighted by atomic mass is 10.0. The second-order valence-electron chi connectivity index (χ2n) is 9.56. The molecule has 1 atom stereocenters. The number of hydrogen-bond acceptors (Lipinski definition) is 9. The molecule has 1 unspecified atom stereocenters. The molecule has 13 heteroatoms. The fourth-order valence-electron chi connectivity index (χ4n) is 3.54. The third-order valence-corrected chi connectivity index (χ3v) is 8.06. The standard InChI is InChI=1S/C26H27BrN4O7S/c1-25(2,3)38-24(35)31(16-22(32)33)23(34)20-7-4-8-21(30-20)26(28,14-17-9-11-18(27)12-10-17)39(36,37)19-6-5-13-29-15-19/h4-13,15H,14,16,28H2,1-3H3,(H,32,33). The molecule has 0 saturated carbocycles. The molecule has 0 saturated heterocycles. The highest BCUT2D eigenvalue weighted by Crippen LogP contribution is 2.33. The molecule has 2 heterocycles. The lowest BCUT2D eigenvalue weighted by Crippen LogP contribution is -2.48. The molecule has 0 aliphatic rings. The molecule has 3 N–H and O–H groups in total. The van der Waals surface area contributed by atoms with Crippen molar-refractivity contribution in [2.45, 2.75) is 42.6 Å². The number of halogens is 1. The average molecular weight is 619 g/mol. The van der Waals surface area contributed by atoms with Gasteiger partial charge in [0.1, 0.15) is 17.8 Å². The van der Waals surface area contributed by atoms with Gasteiger partial charge in [-0.1, -0.05) is 34.1 Å². The first-order valence-corrected chi connectivity index (χ1v) is 13.8. The predicted octanol–water partition coefficient (Wildman–Crippen LogP) is 3.53. The van der Waals surface area contributed by atoms with E-state index in [-0.39, 0.29) is 17.0 Å². The van der Waals surface area contributed by atoms with E-state index < -0.39 is 50.5 Å². The molecule has 3 aromatic rings. The van der Waals surface area contributed by atoms with Crippen molar-refractivity contribution < 1.29 is 32.6 Å². The summed E-state index contributed by atoms with van der Waals surface area (Å²) in [5, 5.41) is 9.30. The molecule has 0 radical (unpaired) electrons. The van der Waals surface area contributed by atoms with Crippen LogP contribution in [0.15, 0.2) is 76.4 Å². The van der Waals surface area contributed by atoms with Crippen LogP contribution in [0.4, 0.5) is 4.79 Å². The van der Waals surface area contributed by atoms with E-state index in [1.807, 2.05) is 0 Å². The number of carbonyl (C=O) groups is 3. The van der Waals surface area contributed by atoms with Crippen LogP contribution in [-0.2, 0) is 30.7 Å². The van der Waals surface area contributed by atoms with E-state index in [0.29, 0.717) is 10.5 Å². The van der Waals surface area contributed by atoms with E-state index in [1.165, 1.54) is 36.5 Å². The number of rotatable bonds is 8. The van der Waals surface area contributed by atoms with Gasteiger partial charge < -0.3 is 15.6 Å². The maximum atomic E-state index is 13.9. The zero-order chi connectivity index (χ0) is 29.0. The van der Waals surface area contributed by atoms with Crippen LogP contribution >= 0.6 is 15.9 Å². The second kappa shape index (κ2) is 11.6. The number of nitrogens with two attached hydrogens (primary N) is 1. The molecule has 11 nitrogen and oxygen atoms in total. The monoisotopic (exact) mass is 618 g/mol. The van der Waals surface area contributed by atoms with Gasteiger partial charge in [-0.05, 0) is 62.7 Å². The summed E-state index contributed by atoms with van der Waals surface area (Å²) in [6.07, 6.45) is 1.15. The molecule has 0 aliphatic heterocycles.